The summed E-state index contributed by atoms with van der Waals surface area (Å²) in [5, 5.41) is 5.56. The summed E-state index contributed by atoms with van der Waals surface area (Å²) >= 11 is 6.79. The highest BCUT2D eigenvalue weighted by Crippen LogP contribution is 2.12. The fraction of sp³-hybridized carbons (Fsp3) is 0.400. The summed E-state index contributed by atoms with van der Waals surface area (Å²) < 4.78 is 0. The number of hydrogen-bond donors (Lipinski definition) is 1. The maximum absolute atomic E-state index is 11.7. The Labute approximate surface area is 98.1 Å². The van der Waals surface area contributed by atoms with Gasteiger partial charge >= 0.3 is 0 Å². The van der Waals surface area contributed by atoms with Crippen molar-refractivity contribution in [3.8, 4) is 0 Å². The number of thiocarbonyl (C=S) groups is 1. The van der Waals surface area contributed by atoms with Crippen molar-refractivity contribution in [2.75, 3.05) is 6.54 Å². The molecule has 1 aromatic rings. The Hall–Kier alpha value is -0.940. The number of amides is 1. The third-order valence-electron chi connectivity index (χ3n) is 2.38. The Morgan fingerprint density at radius 3 is 3.00 bits per heavy atom. The van der Waals surface area contributed by atoms with Crippen LogP contribution in [0.4, 0.5) is 0 Å². The molecule has 1 aliphatic heterocycles. The minimum atomic E-state index is -0.166. The first-order valence-electron chi connectivity index (χ1n) is 4.83. The summed E-state index contributed by atoms with van der Waals surface area (Å²) in [6, 6.07) is 3.93. The van der Waals surface area contributed by atoms with E-state index in [1.54, 1.807) is 16.2 Å². The van der Waals surface area contributed by atoms with Crippen LogP contribution in [0.1, 0.15) is 11.8 Å². The van der Waals surface area contributed by atoms with Crippen LogP contribution >= 0.6 is 23.6 Å². The highest BCUT2D eigenvalue weighted by molar-refractivity contribution is 7.80. The third-order valence-corrected chi connectivity index (χ3v) is 3.66. The molecule has 0 aromatic carbocycles. The second kappa shape index (κ2) is 4.28. The number of thiophene rings is 1. The van der Waals surface area contributed by atoms with Crippen molar-refractivity contribution >= 4 is 34.6 Å². The van der Waals surface area contributed by atoms with E-state index in [0.717, 1.165) is 6.42 Å². The summed E-state index contributed by atoms with van der Waals surface area (Å²) in [5.41, 5.74) is 0. The molecule has 2 rings (SSSR count). The lowest BCUT2D eigenvalue weighted by Gasteiger charge is -2.13. The van der Waals surface area contributed by atoms with E-state index in [-0.39, 0.29) is 11.9 Å². The summed E-state index contributed by atoms with van der Waals surface area (Å²) in [5.74, 6) is 0.0801. The zero-order chi connectivity index (χ0) is 10.8. The minimum Gasteiger partial charge on any atom is -0.351 e. The van der Waals surface area contributed by atoms with Gasteiger partial charge in [-0.25, -0.2) is 0 Å². The van der Waals surface area contributed by atoms with Crippen LogP contribution in [0.25, 0.3) is 0 Å². The molecule has 1 aromatic heterocycles. The Morgan fingerprint density at radius 2 is 2.47 bits per heavy atom. The molecule has 1 aliphatic rings. The summed E-state index contributed by atoms with van der Waals surface area (Å²) in [6.45, 7) is 2.51. The molecule has 1 unspecified atom stereocenters. The molecule has 1 fully saturated rings. The summed E-state index contributed by atoms with van der Waals surface area (Å²) in [6.07, 6.45) is 0.873. The van der Waals surface area contributed by atoms with Gasteiger partial charge in [0.15, 0.2) is 5.11 Å². The highest BCUT2D eigenvalue weighted by atomic mass is 32.1. The topological polar surface area (TPSA) is 32.3 Å². The number of rotatable bonds is 3. The molecule has 0 spiro atoms. The number of nitrogens with zero attached hydrogens (tertiary/aromatic N) is 1. The lowest BCUT2D eigenvalue weighted by molar-refractivity contribution is -0.126. The van der Waals surface area contributed by atoms with Crippen molar-refractivity contribution in [2.45, 2.75) is 19.4 Å². The van der Waals surface area contributed by atoms with Gasteiger partial charge in [-0.3, -0.25) is 9.69 Å². The Morgan fingerprint density at radius 1 is 1.67 bits per heavy atom. The van der Waals surface area contributed by atoms with Gasteiger partial charge in [0.25, 0.3) is 5.91 Å². The molecule has 1 saturated heterocycles. The molecule has 0 radical (unpaired) electrons. The van der Waals surface area contributed by atoms with Crippen molar-refractivity contribution in [1.82, 2.24) is 10.2 Å². The molecule has 1 atom stereocenters. The van der Waals surface area contributed by atoms with Gasteiger partial charge in [0.05, 0.1) is 0 Å². The van der Waals surface area contributed by atoms with E-state index in [2.05, 4.69) is 11.4 Å². The van der Waals surface area contributed by atoms with Crippen LogP contribution in [-0.4, -0.2) is 28.5 Å². The predicted octanol–water partition coefficient (Wildman–Crippen LogP) is 1.40. The maximum atomic E-state index is 11.7. The van der Waals surface area contributed by atoms with Crippen LogP contribution < -0.4 is 5.32 Å². The molecule has 3 nitrogen and oxygen atoms in total. The number of hydrogen-bond acceptors (Lipinski definition) is 3. The highest BCUT2D eigenvalue weighted by Gasteiger charge is 2.31. The fourth-order valence-corrected chi connectivity index (χ4v) is 2.60. The number of carbonyl (C=O) groups is 1. The molecule has 15 heavy (non-hydrogen) atoms. The standard InChI is InChI=1S/C10H12N2OS2/c1-7-9(13)12(10(14)11-7)5-4-8-3-2-6-15-8/h2-3,6-7H,4-5H2,1H3,(H,11,14). The molecule has 5 heteroatoms. The molecule has 0 bridgehead atoms. The van der Waals surface area contributed by atoms with E-state index in [9.17, 15) is 4.79 Å². The van der Waals surface area contributed by atoms with Crippen LogP contribution in [0.3, 0.4) is 0 Å². The van der Waals surface area contributed by atoms with E-state index in [1.165, 1.54) is 4.88 Å². The van der Waals surface area contributed by atoms with Gasteiger partial charge in [-0.05, 0) is 37.0 Å². The first-order valence-corrected chi connectivity index (χ1v) is 6.11. The minimum absolute atomic E-state index is 0.0801. The quantitative estimate of drug-likeness (QED) is 0.811. The van der Waals surface area contributed by atoms with Crippen molar-refractivity contribution in [3.63, 3.8) is 0 Å². The third kappa shape index (κ3) is 2.18. The predicted molar refractivity (Wildman–Crippen MR) is 64.9 cm³/mol. The lowest BCUT2D eigenvalue weighted by Crippen LogP contribution is -2.32. The van der Waals surface area contributed by atoms with Crippen LogP contribution in [0.15, 0.2) is 17.5 Å². The van der Waals surface area contributed by atoms with Crippen LogP contribution in [0, 0.1) is 0 Å². The van der Waals surface area contributed by atoms with E-state index >= 15 is 0 Å². The van der Waals surface area contributed by atoms with Crippen molar-refractivity contribution < 1.29 is 4.79 Å². The summed E-state index contributed by atoms with van der Waals surface area (Å²) in [4.78, 5) is 14.6. The van der Waals surface area contributed by atoms with Crippen LogP contribution in [0.2, 0.25) is 0 Å². The lowest BCUT2D eigenvalue weighted by atomic mass is 10.3. The van der Waals surface area contributed by atoms with Gasteiger partial charge in [0.1, 0.15) is 6.04 Å². The average molecular weight is 240 g/mol. The summed E-state index contributed by atoms with van der Waals surface area (Å²) in [7, 11) is 0. The van der Waals surface area contributed by atoms with Crippen molar-refractivity contribution in [3.05, 3.63) is 22.4 Å². The smallest absolute Gasteiger partial charge is 0.251 e. The Balaban J connectivity index is 1.95. The van der Waals surface area contributed by atoms with Gasteiger partial charge in [0.2, 0.25) is 0 Å². The van der Waals surface area contributed by atoms with Gasteiger partial charge in [-0.1, -0.05) is 6.07 Å². The van der Waals surface area contributed by atoms with Gasteiger partial charge in [-0.2, -0.15) is 0 Å². The molecule has 1 amide bonds. The molecule has 0 saturated carbocycles. The first-order chi connectivity index (χ1) is 7.18. The molecule has 80 valence electrons. The Bertz CT molecular complexity index is 375. The van der Waals surface area contributed by atoms with Crippen LogP contribution in [-0.2, 0) is 11.2 Å². The van der Waals surface area contributed by atoms with Crippen molar-refractivity contribution in [2.24, 2.45) is 0 Å². The SMILES string of the molecule is CC1NC(=S)N(CCc2cccs2)C1=O. The molecular weight excluding hydrogens is 228 g/mol. The first kappa shape index (κ1) is 10.6. The van der Waals surface area contributed by atoms with E-state index < -0.39 is 0 Å². The zero-order valence-corrected chi connectivity index (χ0v) is 10.0. The molecular formula is C10H12N2OS2. The second-order valence-corrected chi connectivity index (χ2v) is 4.91. The molecule has 0 aliphatic carbocycles. The van der Waals surface area contributed by atoms with Gasteiger partial charge < -0.3 is 5.32 Å². The van der Waals surface area contributed by atoms with E-state index in [0.29, 0.717) is 11.7 Å². The van der Waals surface area contributed by atoms with E-state index in [4.69, 9.17) is 12.2 Å². The van der Waals surface area contributed by atoms with Crippen molar-refractivity contribution in [1.29, 1.82) is 0 Å². The van der Waals surface area contributed by atoms with Gasteiger partial charge in [0, 0.05) is 11.4 Å². The fourth-order valence-electron chi connectivity index (χ4n) is 1.55. The number of nitrogens with one attached hydrogen (secondary N) is 1. The number of carbonyl (C=O) groups excluding carboxylic acids is 1. The Kier molecular flexibility index (Phi) is 3.02. The van der Waals surface area contributed by atoms with E-state index in [1.807, 2.05) is 18.4 Å². The molecule has 1 N–H and O–H groups in total. The average Bonchev–Trinajstić information content (AvgIpc) is 2.76. The second-order valence-electron chi connectivity index (χ2n) is 3.49. The largest absolute Gasteiger partial charge is 0.351 e. The zero-order valence-electron chi connectivity index (χ0n) is 8.40. The van der Waals surface area contributed by atoms with Gasteiger partial charge in [-0.15, -0.1) is 11.3 Å². The normalized spacial score (nSPS) is 20.9. The monoisotopic (exact) mass is 240 g/mol. The molecule has 2 heterocycles. The maximum Gasteiger partial charge on any atom is 0.251 e. The van der Waals surface area contributed by atoms with Crippen LogP contribution in [0.5, 0.6) is 0 Å².